The number of hydrogen-bond acceptors (Lipinski definition) is 4. The monoisotopic (exact) mass is 385 g/mol. The highest BCUT2D eigenvalue weighted by atomic mass is 32.2. The maximum absolute atomic E-state index is 12.6. The summed E-state index contributed by atoms with van der Waals surface area (Å²) in [6.07, 6.45) is 1.60. The molecule has 0 radical (unpaired) electrons. The number of nitrogens with zero attached hydrogens (tertiary/aromatic N) is 2. The number of amides is 1. The smallest absolute Gasteiger partial charge is 0.221 e. The SMILES string of the molecule is CCn1nccc1[C@@H](C)NC(=O)CCS(=O)(=O)c1ccc2ccccc2c1. The van der Waals surface area contributed by atoms with Gasteiger partial charge >= 0.3 is 0 Å². The first-order valence-corrected chi connectivity index (χ1v) is 10.6. The van der Waals surface area contributed by atoms with Crippen LogP contribution in [0.1, 0.15) is 32.0 Å². The third-order valence-corrected chi connectivity index (χ3v) is 6.26. The van der Waals surface area contributed by atoms with E-state index in [1.54, 1.807) is 29.1 Å². The van der Waals surface area contributed by atoms with E-state index in [0.29, 0.717) is 6.54 Å². The first-order chi connectivity index (χ1) is 12.9. The van der Waals surface area contributed by atoms with E-state index in [1.165, 1.54) is 0 Å². The van der Waals surface area contributed by atoms with Crippen molar-refractivity contribution in [1.29, 1.82) is 0 Å². The zero-order valence-electron chi connectivity index (χ0n) is 15.4. The Bertz CT molecular complexity index is 1060. The number of benzene rings is 2. The molecule has 0 bridgehead atoms. The van der Waals surface area contributed by atoms with Gasteiger partial charge in [0, 0.05) is 19.2 Å². The molecule has 6 nitrogen and oxygen atoms in total. The molecular formula is C20H23N3O3S. The fourth-order valence-corrected chi connectivity index (χ4v) is 4.34. The molecule has 1 amide bonds. The molecule has 0 aliphatic rings. The van der Waals surface area contributed by atoms with Crippen molar-refractivity contribution in [3.8, 4) is 0 Å². The highest BCUT2D eigenvalue weighted by molar-refractivity contribution is 7.91. The molecular weight excluding hydrogens is 362 g/mol. The highest BCUT2D eigenvalue weighted by Gasteiger charge is 2.19. The summed E-state index contributed by atoms with van der Waals surface area (Å²) in [7, 11) is -3.53. The van der Waals surface area contributed by atoms with Crippen LogP contribution in [-0.2, 0) is 21.2 Å². The number of sulfone groups is 1. The van der Waals surface area contributed by atoms with Gasteiger partial charge in [0.15, 0.2) is 9.84 Å². The lowest BCUT2D eigenvalue weighted by Gasteiger charge is -2.15. The van der Waals surface area contributed by atoms with Gasteiger partial charge in [-0.15, -0.1) is 0 Å². The van der Waals surface area contributed by atoms with Gasteiger partial charge in [-0.25, -0.2) is 8.42 Å². The summed E-state index contributed by atoms with van der Waals surface area (Å²) in [5.41, 5.74) is 0.892. The van der Waals surface area contributed by atoms with E-state index in [0.717, 1.165) is 16.5 Å². The molecule has 3 aromatic rings. The lowest BCUT2D eigenvalue weighted by atomic mass is 10.1. The normalized spacial score (nSPS) is 12.8. The van der Waals surface area contributed by atoms with Crippen LogP contribution in [-0.4, -0.2) is 29.9 Å². The van der Waals surface area contributed by atoms with E-state index < -0.39 is 9.84 Å². The van der Waals surface area contributed by atoms with Crippen molar-refractivity contribution >= 4 is 26.5 Å². The Hall–Kier alpha value is -2.67. The summed E-state index contributed by atoms with van der Waals surface area (Å²) in [4.78, 5) is 12.5. The maximum atomic E-state index is 12.6. The summed E-state index contributed by atoms with van der Waals surface area (Å²) >= 11 is 0. The van der Waals surface area contributed by atoms with Crippen molar-refractivity contribution < 1.29 is 13.2 Å². The molecule has 1 atom stereocenters. The third-order valence-electron chi connectivity index (χ3n) is 4.55. The number of aryl methyl sites for hydroxylation is 1. The molecule has 1 heterocycles. The van der Waals surface area contributed by atoms with Crippen LogP contribution in [0.15, 0.2) is 59.6 Å². The molecule has 0 fully saturated rings. The number of nitrogens with one attached hydrogen (secondary N) is 1. The first-order valence-electron chi connectivity index (χ1n) is 8.93. The zero-order chi connectivity index (χ0) is 19.4. The van der Waals surface area contributed by atoms with Gasteiger partial charge < -0.3 is 5.32 Å². The van der Waals surface area contributed by atoms with Crippen molar-refractivity contribution in [2.45, 2.75) is 37.8 Å². The number of carbonyl (C=O) groups excluding carboxylic acids is 1. The fraction of sp³-hybridized carbons (Fsp3) is 0.300. The van der Waals surface area contributed by atoms with Crippen molar-refractivity contribution in [1.82, 2.24) is 15.1 Å². The lowest BCUT2D eigenvalue weighted by Crippen LogP contribution is -2.29. The molecule has 0 saturated heterocycles. The van der Waals surface area contributed by atoms with Crippen LogP contribution < -0.4 is 5.32 Å². The van der Waals surface area contributed by atoms with Crippen LogP contribution in [0.5, 0.6) is 0 Å². The van der Waals surface area contributed by atoms with E-state index in [1.807, 2.05) is 44.2 Å². The Morgan fingerprint density at radius 3 is 2.63 bits per heavy atom. The quantitative estimate of drug-likeness (QED) is 0.678. The van der Waals surface area contributed by atoms with Crippen molar-refractivity contribution in [3.05, 3.63) is 60.4 Å². The molecule has 27 heavy (non-hydrogen) atoms. The molecule has 7 heteroatoms. The van der Waals surface area contributed by atoms with E-state index >= 15 is 0 Å². The van der Waals surface area contributed by atoms with Gasteiger partial charge in [0.2, 0.25) is 5.91 Å². The lowest BCUT2D eigenvalue weighted by molar-refractivity contribution is -0.121. The fourth-order valence-electron chi connectivity index (χ4n) is 3.07. The van der Waals surface area contributed by atoms with Crippen LogP contribution in [0, 0.1) is 0 Å². The predicted octanol–water partition coefficient (Wildman–Crippen LogP) is 3.10. The third kappa shape index (κ3) is 4.36. The highest BCUT2D eigenvalue weighted by Crippen LogP contribution is 2.20. The Kier molecular flexibility index (Phi) is 5.60. The number of aromatic nitrogens is 2. The van der Waals surface area contributed by atoms with Gasteiger partial charge in [0.25, 0.3) is 0 Å². The van der Waals surface area contributed by atoms with E-state index in [-0.39, 0.29) is 29.0 Å². The topological polar surface area (TPSA) is 81.1 Å². The van der Waals surface area contributed by atoms with Gasteiger partial charge in [-0.1, -0.05) is 30.3 Å². The average Bonchev–Trinajstić information content (AvgIpc) is 3.15. The molecule has 0 aliphatic heterocycles. The molecule has 0 saturated carbocycles. The Balaban J connectivity index is 1.64. The van der Waals surface area contributed by atoms with Gasteiger partial charge in [0.1, 0.15) is 0 Å². The summed E-state index contributed by atoms with van der Waals surface area (Å²) < 4.78 is 27.0. The summed E-state index contributed by atoms with van der Waals surface area (Å²) in [6.45, 7) is 4.54. The van der Waals surface area contributed by atoms with Crippen molar-refractivity contribution in [3.63, 3.8) is 0 Å². The molecule has 1 N–H and O–H groups in total. The van der Waals surface area contributed by atoms with Gasteiger partial charge in [-0.3, -0.25) is 9.48 Å². The van der Waals surface area contributed by atoms with Crippen LogP contribution in [0.4, 0.5) is 0 Å². The average molecular weight is 385 g/mol. The van der Waals surface area contributed by atoms with Crippen LogP contribution in [0.25, 0.3) is 10.8 Å². The minimum atomic E-state index is -3.53. The minimum absolute atomic E-state index is 0.0836. The Labute approximate surface area is 159 Å². The largest absolute Gasteiger partial charge is 0.348 e. The van der Waals surface area contributed by atoms with E-state index in [2.05, 4.69) is 10.4 Å². The Morgan fingerprint density at radius 1 is 1.15 bits per heavy atom. The Morgan fingerprint density at radius 2 is 1.89 bits per heavy atom. The predicted molar refractivity (Wildman–Crippen MR) is 105 cm³/mol. The van der Waals surface area contributed by atoms with Crippen LogP contribution in [0.3, 0.4) is 0 Å². The summed E-state index contributed by atoms with van der Waals surface area (Å²) in [5, 5.41) is 8.88. The van der Waals surface area contributed by atoms with Gasteiger partial charge in [-0.2, -0.15) is 5.10 Å². The van der Waals surface area contributed by atoms with Crippen molar-refractivity contribution in [2.75, 3.05) is 5.75 Å². The molecule has 3 rings (SSSR count). The molecule has 2 aromatic carbocycles. The number of carbonyl (C=O) groups is 1. The minimum Gasteiger partial charge on any atom is -0.348 e. The molecule has 1 aromatic heterocycles. The second kappa shape index (κ2) is 7.92. The van der Waals surface area contributed by atoms with Crippen molar-refractivity contribution in [2.24, 2.45) is 0 Å². The second-order valence-corrected chi connectivity index (χ2v) is 8.55. The van der Waals surface area contributed by atoms with Crippen LogP contribution >= 0.6 is 0 Å². The maximum Gasteiger partial charge on any atom is 0.221 e. The summed E-state index contributed by atoms with van der Waals surface area (Å²) in [6, 6.07) is 14.2. The number of rotatable bonds is 7. The molecule has 0 spiro atoms. The standard InChI is InChI=1S/C20H23N3O3S/c1-3-23-19(10-12-21-23)15(2)22-20(24)11-13-27(25,26)18-9-8-16-6-4-5-7-17(16)14-18/h4-10,12,14-15H,3,11,13H2,1-2H3,(H,22,24)/t15-/m1/s1. The van der Waals surface area contributed by atoms with Gasteiger partial charge in [0.05, 0.1) is 22.4 Å². The van der Waals surface area contributed by atoms with Crippen LogP contribution in [0.2, 0.25) is 0 Å². The van der Waals surface area contributed by atoms with E-state index in [9.17, 15) is 13.2 Å². The first kappa shape index (κ1) is 19.1. The molecule has 142 valence electrons. The second-order valence-electron chi connectivity index (χ2n) is 6.44. The number of hydrogen-bond donors (Lipinski definition) is 1. The van der Waals surface area contributed by atoms with E-state index in [4.69, 9.17) is 0 Å². The molecule has 0 aliphatic carbocycles. The summed E-state index contributed by atoms with van der Waals surface area (Å²) in [5.74, 6) is -0.521. The van der Waals surface area contributed by atoms with Gasteiger partial charge in [-0.05, 0) is 42.8 Å². The number of fused-ring (bicyclic) bond motifs is 1. The molecule has 0 unspecified atom stereocenters. The zero-order valence-corrected chi connectivity index (χ0v) is 16.2.